The Hall–Kier alpha value is -4.97. The molecule has 0 saturated carbocycles. The minimum absolute atomic E-state index is 0.678. The molecule has 0 aliphatic rings. The second-order valence-corrected chi connectivity index (χ2v) is 10.0. The van der Waals surface area contributed by atoms with E-state index in [4.69, 9.17) is 23.9 Å². The normalized spacial score (nSPS) is 10.7. The van der Waals surface area contributed by atoms with Crippen LogP contribution in [0.2, 0.25) is 0 Å². The summed E-state index contributed by atoms with van der Waals surface area (Å²) in [6, 6.07) is 33.1. The topological polar surface area (TPSA) is 53.1 Å². The van der Waals surface area contributed by atoms with Crippen LogP contribution in [0.4, 0.5) is 5.69 Å². The Morgan fingerprint density at radius 2 is 1.05 bits per heavy atom. The smallest absolute Gasteiger partial charge is 0.131 e. The first-order valence-corrected chi connectivity index (χ1v) is 14.4. The average molecular weight is 575 g/mol. The number of aromatic nitrogens is 1. The van der Waals surface area contributed by atoms with Crippen LogP contribution in [0.1, 0.15) is 13.8 Å². The van der Waals surface area contributed by atoms with Crippen LogP contribution >= 0.6 is 0 Å². The number of rotatable bonds is 11. The van der Waals surface area contributed by atoms with Crippen LogP contribution in [0.15, 0.2) is 97.1 Å². The van der Waals surface area contributed by atoms with Crippen molar-refractivity contribution in [2.24, 2.45) is 0 Å². The highest BCUT2D eigenvalue weighted by molar-refractivity contribution is 5.89. The van der Waals surface area contributed by atoms with Crippen LogP contribution in [0.25, 0.3) is 44.8 Å². The van der Waals surface area contributed by atoms with Gasteiger partial charge in [-0.1, -0.05) is 36.4 Å². The van der Waals surface area contributed by atoms with Gasteiger partial charge in [0.2, 0.25) is 0 Å². The van der Waals surface area contributed by atoms with Gasteiger partial charge in [-0.3, -0.25) is 0 Å². The molecule has 6 heteroatoms. The molecule has 6 nitrogen and oxygen atoms in total. The van der Waals surface area contributed by atoms with Crippen molar-refractivity contribution in [2.45, 2.75) is 13.8 Å². The standard InChI is InChI=1S/C37H38N2O4/c1-7-39(8-2)27-14-17-30(25-12-10-9-11-13-25)33(22-27)26-20-34(31-18-15-28(40-3)23-36(31)42-5)38-35(21-26)32-19-16-29(41-4)24-37(32)43-6/h9-24H,7-8H2,1-6H3. The summed E-state index contributed by atoms with van der Waals surface area (Å²) in [5.74, 6) is 2.79. The largest absolute Gasteiger partial charge is 0.497 e. The minimum atomic E-state index is 0.678. The second kappa shape index (κ2) is 13.3. The van der Waals surface area contributed by atoms with Crippen molar-refractivity contribution in [3.63, 3.8) is 0 Å². The Kier molecular flexibility index (Phi) is 9.16. The van der Waals surface area contributed by atoms with E-state index in [2.05, 4.69) is 73.3 Å². The van der Waals surface area contributed by atoms with Gasteiger partial charge in [-0.25, -0.2) is 4.98 Å². The van der Waals surface area contributed by atoms with Gasteiger partial charge in [0.15, 0.2) is 0 Å². The zero-order valence-corrected chi connectivity index (χ0v) is 25.7. The molecule has 5 aromatic rings. The van der Waals surface area contributed by atoms with E-state index in [1.807, 2.05) is 42.5 Å². The fourth-order valence-corrected chi connectivity index (χ4v) is 5.41. The lowest BCUT2D eigenvalue weighted by molar-refractivity contribution is 0.395. The highest BCUT2D eigenvalue weighted by Gasteiger charge is 2.18. The third-order valence-corrected chi connectivity index (χ3v) is 7.72. The number of hydrogen-bond acceptors (Lipinski definition) is 6. The number of pyridine rings is 1. The maximum absolute atomic E-state index is 5.81. The highest BCUT2D eigenvalue weighted by atomic mass is 16.5. The molecule has 0 radical (unpaired) electrons. The lowest BCUT2D eigenvalue weighted by Gasteiger charge is -2.23. The van der Waals surface area contributed by atoms with Gasteiger partial charge in [0.25, 0.3) is 0 Å². The second-order valence-electron chi connectivity index (χ2n) is 10.0. The number of hydrogen-bond donors (Lipinski definition) is 0. The maximum atomic E-state index is 5.81. The van der Waals surface area contributed by atoms with Gasteiger partial charge in [-0.05, 0) is 84.6 Å². The first-order valence-electron chi connectivity index (χ1n) is 14.4. The molecule has 0 aliphatic carbocycles. The van der Waals surface area contributed by atoms with E-state index in [0.717, 1.165) is 57.9 Å². The van der Waals surface area contributed by atoms with Gasteiger partial charge in [0.1, 0.15) is 23.0 Å². The predicted molar refractivity (Wildman–Crippen MR) is 176 cm³/mol. The third-order valence-electron chi connectivity index (χ3n) is 7.72. The highest BCUT2D eigenvalue weighted by Crippen LogP contribution is 2.42. The van der Waals surface area contributed by atoms with Crippen LogP contribution in [-0.4, -0.2) is 46.5 Å². The van der Waals surface area contributed by atoms with Gasteiger partial charge in [0.05, 0.1) is 39.8 Å². The molecule has 0 amide bonds. The van der Waals surface area contributed by atoms with E-state index in [0.29, 0.717) is 23.0 Å². The molecule has 0 N–H and O–H groups in total. The van der Waals surface area contributed by atoms with E-state index < -0.39 is 0 Å². The number of nitrogens with zero attached hydrogens (tertiary/aromatic N) is 2. The summed E-state index contributed by atoms with van der Waals surface area (Å²) in [4.78, 5) is 7.53. The molecule has 0 unspecified atom stereocenters. The van der Waals surface area contributed by atoms with Crippen LogP contribution in [-0.2, 0) is 0 Å². The third kappa shape index (κ3) is 6.14. The molecule has 0 saturated heterocycles. The molecule has 0 bridgehead atoms. The molecule has 220 valence electrons. The van der Waals surface area contributed by atoms with Crippen LogP contribution in [0, 0.1) is 0 Å². The molecule has 0 spiro atoms. The van der Waals surface area contributed by atoms with Gasteiger partial charge in [0, 0.05) is 42.0 Å². The zero-order chi connectivity index (χ0) is 30.3. The fraction of sp³-hybridized carbons (Fsp3) is 0.216. The molecule has 0 aliphatic heterocycles. The number of anilines is 1. The molecule has 0 atom stereocenters. The number of methoxy groups -OCH3 is 4. The van der Waals surface area contributed by atoms with Crippen molar-refractivity contribution in [1.29, 1.82) is 0 Å². The van der Waals surface area contributed by atoms with Gasteiger partial charge >= 0.3 is 0 Å². The Balaban J connectivity index is 1.82. The van der Waals surface area contributed by atoms with Crippen molar-refractivity contribution >= 4 is 5.69 Å². The molecule has 1 heterocycles. The average Bonchev–Trinajstić information content (AvgIpc) is 3.08. The summed E-state index contributed by atoms with van der Waals surface area (Å²) in [6.07, 6.45) is 0. The predicted octanol–water partition coefficient (Wildman–Crippen LogP) is 8.63. The monoisotopic (exact) mass is 574 g/mol. The summed E-state index contributed by atoms with van der Waals surface area (Å²) in [5, 5.41) is 0. The van der Waals surface area contributed by atoms with E-state index in [9.17, 15) is 0 Å². The lowest BCUT2D eigenvalue weighted by Crippen LogP contribution is -2.21. The quantitative estimate of drug-likeness (QED) is 0.157. The minimum Gasteiger partial charge on any atom is -0.497 e. The summed E-state index contributed by atoms with van der Waals surface area (Å²) in [5.41, 5.74) is 8.87. The van der Waals surface area contributed by atoms with Crippen molar-refractivity contribution in [2.75, 3.05) is 46.4 Å². The Morgan fingerprint density at radius 3 is 1.53 bits per heavy atom. The van der Waals surface area contributed by atoms with Gasteiger partial charge in [-0.15, -0.1) is 0 Å². The molecule has 1 aromatic heterocycles. The number of benzene rings is 4. The summed E-state index contributed by atoms with van der Waals surface area (Å²) in [7, 11) is 6.62. The summed E-state index contributed by atoms with van der Waals surface area (Å²) in [6.45, 7) is 6.20. The van der Waals surface area contributed by atoms with Gasteiger partial charge in [-0.2, -0.15) is 0 Å². The molecular formula is C37H38N2O4. The van der Waals surface area contributed by atoms with Crippen LogP contribution in [0.3, 0.4) is 0 Å². The van der Waals surface area contributed by atoms with E-state index in [1.54, 1.807) is 28.4 Å². The first-order chi connectivity index (χ1) is 21.0. The van der Waals surface area contributed by atoms with Crippen molar-refractivity contribution in [1.82, 2.24) is 4.98 Å². The van der Waals surface area contributed by atoms with Crippen molar-refractivity contribution < 1.29 is 18.9 Å². The molecule has 43 heavy (non-hydrogen) atoms. The summed E-state index contributed by atoms with van der Waals surface area (Å²) < 4.78 is 22.6. The Labute approximate surface area is 254 Å². The lowest BCUT2D eigenvalue weighted by atomic mass is 9.92. The van der Waals surface area contributed by atoms with E-state index in [-0.39, 0.29) is 0 Å². The first kappa shape index (κ1) is 29.5. The van der Waals surface area contributed by atoms with E-state index >= 15 is 0 Å². The van der Waals surface area contributed by atoms with Crippen LogP contribution in [0.5, 0.6) is 23.0 Å². The molecule has 5 rings (SSSR count). The van der Waals surface area contributed by atoms with Crippen molar-refractivity contribution in [3.05, 3.63) is 97.1 Å². The van der Waals surface area contributed by atoms with Crippen LogP contribution < -0.4 is 23.8 Å². The fourth-order valence-electron chi connectivity index (χ4n) is 5.41. The Morgan fingerprint density at radius 1 is 0.512 bits per heavy atom. The maximum Gasteiger partial charge on any atom is 0.131 e. The summed E-state index contributed by atoms with van der Waals surface area (Å²) >= 11 is 0. The van der Waals surface area contributed by atoms with Crippen molar-refractivity contribution in [3.8, 4) is 67.8 Å². The molecule has 0 fully saturated rings. The molecule has 4 aromatic carbocycles. The number of ether oxygens (including phenoxy) is 4. The van der Waals surface area contributed by atoms with E-state index in [1.165, 1.54) is 5.69 Å². The zero-order valence-electron chi connectivity index (χ0n) is 25.7. The molecular weight excluding hydrogens is 536 g/mol. The van der Waals surface area contributed by atoms with Gasteiger partial charge < -0.3 is 23.8 Å². The SMILES string of the molecule is CCN(CC)c1ccc(-c2ccccc2)c(-c2cc(-c3ccc(OC)cc3OC)nc(-c3ccc(OC)cc3OC)c2)c1. The Bertz CT molecular complexity index is 1620.